The van der Waals surface area contributed by atoms with Crippen LogP contribution in [0.25, 0.3) is 11.1 Å². The largest absolute Gasteiger partial charge is 0.493 e. The summed E-state index contributed by atoms with van der Waals surface area (Å²) in [5.41, 5.74) is 3.62. The van der Waals surface area contributed by atoms with Crippen LogP contribution >= 0.6 is 0 Å². The van der Waals surface area contributed by atoms with E-state index >= 15 is 0 Å². The van der Waals surface area contributed by atoms with Gasteiger partial charge in [-0.25, -0.2) is 4.39 Å². The number of methoxy groups -OCH3 is 1. The average molecular weight is 328 g/mol. The highest BCUT2D eigenvalue weighted by Crippen LogP contribution is 2.48. The van der Waals surface area contributed by atoms with Crippen LogP contribution in [-0.2, 0) is 4.74 Å². The van der Waals surface area contributed by atoms with Gasteiger partial charge >= 0.3 is 0 Å². The quantitative estimate of drug-likeness (QED) is 0.525. The maximum atomic E-state index is 13.3. The van der Waals surface area contributed by atoms with Crippen LogP contribution in [0.2, 0.25) is 0 Å². The lowest BCUT2D eigenvalue weighted by Gasteiger charge is -2.17. The Morgan fingerprint density at radius 2 is 1.92 bits per heavy atom. The molecule has 0 spiro atoms. The van der Waals surface area contributed by atoms with E-state index in [1.165, 1.54) is 12.1 Å². The van der Waals surface area contributed by atoms with Crippen LogP contribution in [0.1, 0.15) is 41.1 Å². The van der Waals surface area contributed by atoms with Crippen LogP contribution in [0.3, 0.4) is 0 Å². The zero-order chi connectivity index (χ0) is 16.9. The second-order valence-corrected chi connectivity index (χ2v) is 6.08. The molecule has 0 aliphatic heterocycles. The summed E-state index contributed by atoms with van der Waals surface area (Å²) in [5, 5.41) is 0. The Kier molecular flexibility index (Phi) is 5.26. The number of hydrogen-bond acceptors (Lipinski definition) is 3. The molecule has 2 aromatic carbocycles. The minimum atomic E-state index is -0.265. The smallest absolute Gasteiger partial charge is 0.150 e. The standard InChI is InChI=1S/C20H21FO3/c1-23-9-2-10-24-19-12-14(13-22)11-18(15-3-4-15)20(19)16-5-7-17(21)8-6-16/h5-8,11-13,15H,2-4,9-10H2,1H3. The molecule has 3 rings (SSSR count). The van der Waals surface area contributed by atoms with E-state index in [1.54, 1.807) is 25.3 Å². The minimum absolute atomic E-state index is 0.265. The van der Waals surface area contributed by atoms with Gasteiger partial charge in [-0.1, -0.05) is 12.1 Å². The summed E-state index contributed by atoms with van der Waals surface area (Å²) in [6.07, 6.45) is 3.84. The SMILES string of the molecule is COCCCOc1cc(C=O)cc(C2CC2)c1-c1ccc(F)cc1. The van der Waals surface area contributed by atoms with Crippen molar-refractivity contribution in [3.63, 3.8) is 0 Å². The van der Waals surface area contributed by atoms with Gasteiger partial charge < -0.3 is 9.47 Å². The predicted molar refractivity (Wildman–Crippen MR) is 91.2 cm³/mol. The molecule has 0 unspecified atom stereocenters. The third kappa shape index (κ3) is 3.82. The van der Waals surface area contributed by atoms with Gasteiger partial charge in [0.15, 0.2) is 0 Å². The van der Waals surface area contributed by atoms with Crippen LogP contribution in [0, 0.1) is 5.82 Å². The maximum absolute atomic E-state index is 13.3. The van der Waals surface area contributed by atoms with Crippen LogP contribution in [0.15, 0.2) is 36.4 Å². The van der Waals surface area contributed by atoms with Gasteiger partial charge in [0.05, 0.1) is 6.61 Å². The number of benzene rings is 2. The molecular formula is C20H21FO3. The molecular weight excluding hydrogens is 307 g/mol. The van der Waals surface area contributed by atoms with Crippen molar-refractivity contribution >= 4 is 6.29 Å². The first-order chi connectivity index (χ1) is 11.7. The summed E-state index contributed by atoms with van der Waals surface area (Å²) >= 11 is 0. The fraction of sp³-hybridized carbons (Fsp3) is 0.350. The summed E-state index contributed by atoms with van der Waals surface area (Å²) in [4.78, 5) is 11.3. The van der Waals surface area contributed by atoms with Crippen LogP contribution in [0.4, 0.5) is 4.39 Å². The number of hydrogen-bond donors (Lipinski definition) is 0. The van der Waals surface area contributed by atoms with E-state index in [0.717, 1.165) is 42.2 Å². The molecule has 0 heterocycles. The van der Waals surface area contributed by atoms with Gasteiger partial charge in [-0.3, -0.25) is 4.79 Å². The number of aldehydes is 1. The van der Waals surface area contributed by atoms with Gasteiger partial charge in [-0.15, -0.1) is 0 Å². The fourth-order valence-corrected chi connectivity index (χ4v) is 2.87. The number of rotatable bonds is 8. The third-order valence-corrected chi connectivity index (χ3v) is 4.19. The highest BCUT2D eigenvalue weighted by atomic mass is 19.1. The van der Waals surface area contributed by atoms with Crippen molar-refractivity contribution in [3.8, 4) is 16.9 Å². The van der Waals surface area contributed by atoms with E-state index < -0.39 is 0 Å². The van der Waals surface area contributed by atoms with E-state index in [-0.39, 0.29) is 5.82 Å². The van der Waals surface area contributed by atoms with Gasteiger partial charge in [0.2, 0.25) is 0 Å². The van der Waals surface area contributed by atoms with Crippen LogP contribution in [0.5, 0.6) is 5.75 Å². The molecule has 1 aliphatic carbocycles. The second-order valence-electron chi connectivity index (χ2n) is 6.08. The Balaban J connectivity index is 2.01. The summed E-state index contributed by atoms with van der Waals surface area (Å²) in [6, 6.07) is 10.1. The highest BCUT2D eigenvalue weighted by molar-refractivity contribution is 5.83. The van der Waals surface area contributed by atoms with Gasteiger partial charge in [0.25, 0.3) is 0 Å². The minimum Gasteiger partial charge on any atom is -0.493 e. The summed E-state index contributed by atoms with van der Waals surface area (Å²) in [6.45, 7) is 1.13. The number of carbonyl (C=O) groups excluding carboxylic acids is 1. The third-order valence-electron chi connectivity index (χ3n) is 4.19. The Hall–Kier alpha value is -2.20. The summed E-state index contributed by atoms with van der Waals surface area (Å²) in [5.74, 6) is 0.870. The zero-order valence-electron chi connectivity index (χ0n) is 13.8. The zero-order valence-corrected chi connectivity index (χ0v) is 13.8. The van der Waals surface area contributed by atoms with E-state index in [9.17, 15) is 9.18 Å². The molecule has 0 amide bonds. The number of halogens is 1. The Morgan fingerprint density at radius 3 is 2.54 bits per heavy atom. The van der Waals surface area contributed by atoms with Crippen molar-refractivity contribution in [2.24, 2.45) is 0 Å². The molecule has 1 aliphatic rings. The topological polar surface area (TPSA) is 35.5 Å². The molecule has 4 heteroatoms. The molecule has 3 nitrogen and oxygen atoms in total. The van der Waals surface area contributed by atoms with Crippen molar-refractivity contribution in [3.05, 3.63) is 53.3 Å². The normalized spacial score (nSPS) is 13.8. The fourth-order valence-electron chi connectivity index (χ4n) is 2.87. The number of carbonyl (C=O) groups is 1. The predicted octanol–water partition coefficient (Wildman–Crippen LogP) is 4.60. The van der Waals surface area contributed by atoms with Crippen molar-refractivity contribution in [2.75, 3.05) is 20.3 Å². The molecule has 2 aromatic rings. The molecule has 0 N–H and O–H groups in total. The highest BCUT2D eigenvalue weighted by Gasteiger charge is 2.29. The first kappa shape index (κ1) is 16.7. The lowest BCUT2D eigenvalue weighted by molar-refractivity contribution is 0.112. The van der Waals surface area contributed by atoms with Gasteiger partial charge in [0.1, 0.15) is 17.9 Å². The summed E-state index contributed by atoms with van der Waals surface area (Å²) < 4.78 is 24.3. The molecule has 126 valence electrons. The van der Waals surface area contributed by atoms with E-state index in [0.29, 0.717) is 30.4 Å². The molecule has 24 heavy (non-hydrogen) atoms. The van der Waals surface area contributed by atoms with Crippen molar-refractivity contribution in [1.29, 1.82) is 0 Å². The lowest BCUT2D eigenvalue weighted by Crippen LogP contribution is -2.04. The van der Waals surface area contributed by atoms with Gasteiger partial charge in [-0.2, -0.15) is 0 Å². The van der Waals surface area contributed by atoms with Gasteiger partial charge in [0, 0.05) is 31.3 Å². The van der Waals surface area contributed by atoms with Gasteiger partial charge in [-0.05, 0) is 54.2 Å². The van der Waals surface area contributed by atoms with Crippen molar-refractivity contribution < 1.29 is 18.7 Å². The molecule has 0 saturated heterocycles. The first-order valence-corrected chi connectivity index (χ1v) is 8.23. The molecule has 1 saturated carbocycles. The molecule has 1 fully saturated rings. The lowest BCUT2D eigenvalue weighted by atomic mass is 9.93. The van der Waals surface area contributed by atoms with Crippen molar-refractivity contribution in [1.82, 2.24) is 0 Å². The first-order valence-electron chi connectivity index (χ1n) is 8.23. The Morgan fingerprint density at radius 1 is 1.17 bits per heavy atom. The molecule has 0 radical (unpaired) electrons. The molecule has 0 atom stereocenters. The van der Waals surface area contributed by atoms with Crippen LogP contribution < -0.4 is 4.74 Å². The van der Waals surface area contributed by atoms with Crippen LogP contribution in [-0.4, -0.2) is 26.6 Å². The Bertz CT molecular complexity index is 706. The summed E-state index contributed by atoms with van der Waals surface area (Å²) in [7, 11) is 1.65. The Labute approximate surface area is 141 Å². The van der Waals surface area contributed by atoms with E-state index in [1.807, 2.05) is 6.07 Å². The maximum Gasteiger partial charge on any atom is 0.150 e. The van der Waals surface area contributed by atoms with E-state index in [4.69, 9.17) is 9.47 Å². The average Bonchev–Trinajstić information content (AvgIpc) is 3.44. The molecule has 0 aromatic heterocycles. The molecule has 0 bridgehead atoms. The second kappa shape index (κ2) is 7.58. The monoisotopic (exact) mass is 328 g/mol. The van der Waals surface area contributed by atoms with E-state index in [2.05, 4.69) is 0 Å². The number of ether oxygens (including phenoxy) is 2. The van der Waals surface area contributed by atoms with Crippen molar-refractivity contribution in [2.45, 2.75) is 25.2 Å².